The number of carbonyl (C=O) groups is 2. The van der Waals surface area contributed by atoms with Gasteiger partial charge in [-0.05, 0) is 43.0 Å². The van der Waals surface area contributed by atoms with E-state index in [1.807, 2.05) is 36.6 Å². The topological polar surface area (TPSA) is 103 Å². The van der Waals surface area contributed by atoms with Crippen LogP contribution in [0.15, 0.2) is 71.2 Å². The van der Waals surface area contributed by atoms with Gasteiger partial charge in [0, 0.05) is 51.6 Å². The number of hydrogen-bond acceptors (Lipinski definition) is 7. The van der Waals surface area contributed by atoms with Gasteiger partial charge in [0.1, 0.15) is 17.3 Å². The molecule has 2 unspecified atom stereocenters. The molecule has 8 nitrogen and oxygen atoms in total. The molecule has 0 amide bonds. The van der Waals surface area contributed by atoms with Crippen molar-refractivity contribution in [2.24, 2.45) is 0 Å². The van der Waals surface area contributed by atoms with Crippen molar-refractivity contribution < 1.29 is 24.2 Å². The lowest BCUT2D eigenvalue weighted by Gasteiger charge is -2.36. The molecule has 198 valence electrons. The summed E-state index contributed by atoms with van der Waals surface area (Å²) in [5.41, 5.74) is 4.45. The Hall–Kier alpha value is -4.37. The number of aromatic carboxylic acids is 1. The predicted octanol–water partition coefficient (Wildman–Crippen LogP) is 5.92. The number of anilines is 1. The summed E-state index contributed by atoms with van der Waals surface area (Å²) in [7, 11) is 3.20. The van der Waals surface area contributed by atoms with Crippen molar-refractivity contribution in [3.8, 4) is 17.2 Å². The number of thiophene rings is 1. The second-order valence-electron chi connectivity index (χ2n) is 9.68. The number of benzene rings is 2. The molecule has 2 aliphatic rings. The van der Waals surface area contributed by atoms with E-state index < -0.39 is 11.9 Å². The van der Waals surface area contributed by atoms with E-state index in [1.165, 1.54) is 4.88 Å². The summed E-state index contributed by atoms with van der Waals surface area (Å²) < 4.78 is 12.9. The summed E-state index contributed by atoms with van der Waals surface area (Å²) in [4.78, 5) is 27.2. The molecule has 0 bridgehead atoms. The zero-order valence-corrected chi connectivity index (χ0v) is 22.5. The van der Waals surface area contributed by atoms with Crippen LogP contribution in [0.25, 0.3) is 5.69 Å². The quantitative estimate of drug-likeness (QED) is 0.313. The fraction of sp³-hybridized carbons (Fsp3) is 0.233. The first-order valence-electron chi connectivity index (χ1n) is 12.6. The van der Waals surface area contributed by atoms with Gasteiger partial charge in [0.25, 0.3) is 0 Å². The lowest BCUT2D eigenvalue weighted by molar-refractivity contribution is -0.116. The standard InChI is InChI=1S/C30H27N3O5S/c1-16-26-27(20-11-10-18(37-2)15-24(20)38-3)28-21(13-17(14-23(28)34)25-9-6-12-39-25)31-29(26)33(32-16)22-8-5-4-7-19(22)30(35)36/h4-12,15,17,27,31H,13-14H2,1-3H3,(H,35,36). The average Bonchev–Trinajstić information content (AvgIpc) is 3.60. The van der Waals surface area contributed by atoms with Crippen molar-refractivity contribution in [2.75, 3.05) is 19.5 Å². The number of ether oxygens (including phenoxy) is 2. The molecule has 9 heteroatoms. The molecule has 3 heterocycles. The Morgan fingerprint density at radius 3 is 2.64 bits per heavy atom. The molecule has 2 atom stereocenters. The number of aryl methyl sites for hydroxylation is 1. The SMILES string of the molecule is COc1ccc(C2C3=C(CC(c4cccs4)CC3=O)Nc3c2c(C)nn3-c2ccccc2C(=O)O)c(OC)c1. The normalized spacial score (nSPS) is 18.3. The number of nitrogens with zero attached hydrogens (tertiary/aromatic N) is 2. The Balaban J connectivity index is 1.59. The third-order valence-corrected chi connectivity index (χ3v) is 8.56. The van der Waals surface area contributed by atoms with Gasteiger partial charge in [-0.2, -0.15) is 5.10 Å². The minimum absolute atomic E-state index is 0.0625. The van der Waals surface area contributed by atoms with E-state index in [0.29, 0.717) is 47.1 Å². The van der Waals surface area contributed by atoms with Crippen LogP contribution in [0.3, 0.4) is 0 Å². The summed E-state index contributed by atoms with van der Waals surface area (Å²) in [6.45, 7) is 1.89. The largest absolute Gasteiger partial charge is 0.497 e. The first-order valence-corrected chi connectivity index (χ1v) is 13.5. The molecule has 1 aliphatic carbocycles. The number of methoxy groups -OCH3 is 2. The van der Waals surface area contributed by atoms with Crippen molar-refractivity contribution in [3.05, 3.63) is 98.5 Å². The number of hydrogen-bond donors (Lipinski definition) is 2. The second-order valence-corrected chi connectivity index (χ2v) is 10.7. The van der Waals surface area contributed by atoms with Gasteiger partial charge < -0.3 is 19.9 Å². The fourth-order valence-electron chi connectivity index (χ4n) is 5.78. The van der Waals surface area contributed by atoms with Crippen LogP contribution in [0.2, 0.25) is 0 Å². The monoisotopic (exact) mass is 541 g/mol. The number of carboxylic acid groups (broad SMARTS) is 1. The zero-order chi connectivity index (χ0) is 27.3. The highest BCUT2D eigenvalue weighted by Crippen LogP contribution is 2.51. The highest BCUT2D eigenvalue weighted by Gasteiger charge is 2.42. The van der Waals surface area contributed by atoms with E-state index in [-0.39, 0.29) is 17.3 Å². The first-order chi connectivity index (χ1) is 18.9. The number of carbonyl (C=O) groups excluding carboxylic acids is 1. The highest BCUT2D eigenvalue weighted by atomic mass is 32.1. The molecule has 2 N–H and O–H groups in total. The van der Waals surface area contributed by atoms with E-state index in [4.69, 9.17) is 14.6 Å². The van der Waals surface area contributed by atoms with Crippen LogP contribution in [-0.2, 0) is 4.79 Å². The van der Waals surface area contributed by atoms with Gasteiger partial charge >= 0.3 is 5.97 Å². The van der Waals surface area contributed by atoms with Crippen LogP contribution in [0, 0.1) is 6.92 Å². The molecule has 1 aliphatic heterocycles. The van der Waals surface area contributed by atoms with Gasteiger partial charge in [-0.3, -0.25) is 4.79 Å². The van der Waals surface area contributed by atoms with Crippen LogP contribution >= 0.6 is 11.3 Å². The molecule has 2 aromatic heterocycles. The van der Waals surface area contributed by atoms with Crippen LogP contribution in [0.5, 0.6) is 11.5 Å². The molecule has 6 rings (SSSR count). The van der Waals surface area contributed by atoms with E-state index in [9.17, 15) is 14.7 Å². The fourth-order valence-corrected chi connectivity index (χ4v) is 6.61. The van der Waals surface area contributed by atoms with Crippen LogP contribution in [-0.4, -0.2) is 40.9 Å². The smallest absolute Gasteiger partial charge is 0.337 e. The van der Waals surface area contributed by atoms with E-state index in [0.717, 1.165) is 16.8 Å². The van der Waals surface area contributed by atoms with Crippen molar-refractivity contribution in [1.82, 2.24) is 9.78 Å². The van der Waals surface area contributed by atoms with E-state index >= 15 is 0 Å². The van der Waals surface area contributed by atoms with Gasteiger partial charge in [-0.1, -0.05) is 24.3 Å². The van der Waals surface area contributed by atoms with Crippen LogP contribution in [0.1, 0.15) is 56.7 Å². The highest BCUT2D eigenvalue weighted by molar-refractivity contribution is 7.10. The van der Waals surface area contributed by atoms with Crippen molar-refractivity contribution >= 4 is 28.9 Å². The van der Waals surface area contributed by atoms with Crippen molar-refractivity contribution in [2.45, 2.75) is 31.6 Å². The summed E-state index contributed by atoms with van der Waals surface area (Å²) in [6, 6.07) is 16.5. The number of allylic oxidation sites excluding steroid dienone is 2. The maximum absolute atomic E-state index is 13.9. The third-order valence-electron chi connectivity index (χ3n) is 7.52. The summed E-state index contributed by atoms with van der Waals surface area (Å²) in [5, 5.41) is 20.3. The minimum Gasteiger partial charge on any atom is -0.497 e. The Morgan fingerprint density at radius 1 is 1.10 bits per heavy atom. The lowest BCUT2D eigenvalue weighted by Crippen LogP contribution is -2.30. The molecule has 39 heavy (non-hydrogen) atoms. The Morgan fingerprint density at radius 2 is 1.92 bits per heavy atom. The Labute approximate surface area is 229 Å². The molecule has 0 saturated carbocycles. The van der Waals surface area contributed by atoms with Crippen LogP contribution < -0.4 is 14.8 Å². The average molecular weight is 542 g/mol. The van der Waals surface area contributed by atoms with Gasteiger partial charge in [-0.15, -0.1) is 11.3 Å². The summed E-state index contributed by atoms with van der Waals surface area (Å²) in [6.07, 6.45) is 1.07. The predicted molar refractivity (Wildman–Crippen MR) is 149 cm³/mol. The van der Waals surface area contributed by atoms with Gasteiger partial charge in [0.05, 0.1) is 31.2 Å². The van der Waals surface area contributed by atoms with Gasteiger partial charge in [0.2, 0.25) is 0 Å². The second kappa shape index (κ2) is 9.74. The number of nitrogens with one attached hydrogen (secondary N) is 1. The molecule has 0 radical (unpaired) electrons. The van der Waals surface area contributed by atoms with Crippen LogP contribution in [0.4, 0.5) is 5.82 Å². The number of carboxylic acids is 1. The van der Waals surface area contributed by atoms with Crippen molar-refractivity contribution in [1.29, 1.82) is 0 Å². The minimum atomic E-state index is -1.04. The van der Waals surface area contributed by atoms with Gasteiger partial charge in [0.15, 0.2) is 5.78 Å². The maximum Gasteiger partial charge on any atom is 0.337 e. The summed E-state index contributed by atoms with van der Waals surface area (Å²) >= 11 is 1.65. The molecule has 4 aromatic rings. The molecule has 0 spiro atoms. The third kappa shape index (κ3) is 4.10. The van der Waals surface area contributed by atoms with E-state index in [1.54, 1.807) is 54.5 Å². The molecular weight excluding hydrogens is 514 g/mol. The van der Waals surface area contributed by atoms with E-state index in [2.05, 4.69) is 11.4 Å². The Bertz CT molecular complexity index is 1640. The van der Waals surface area contributed by atoms with Crippen molar-refractivity contribution in [3.63, 3.8) is 0 Å². The molecular formula is C30H27N3O5S. The first kappa shape index (κ1) is 24.9. The number of Topliss-reactive ketones (excluding diaryl/α,β-unsaturated/α-hetero) is 1. The maximum atomic E-state index is 13.9. The Kier molecular flexibility index (Phi) is 6.23. The van der Waals surface area contributed by atoms with Gasteiger partial charge in [-0.25, -0.2) is 9.48 Å². The molecule has 2 aromatic carbocycles. The molecule has 0 fully saturated rings. The number of fused-ring (bicyclic) bond motifs is 1. The number of aromatic nitrogens is 2. The zero-order valence-electron chi connectivity index (χ0n) is 21.7. The number of rotatable bonds is 6. The lowest BCUT2D eigenvalue weighted by atomic mass is 9.73. The summed E-state index contributed by atoms with van der Waals surface area (Å²) in [5.74, 6) is 0.560. The molecule has 0 saturated heterocycles. The number of ketones is 1. The number of para-hydroxylation sites is 1.